The fourth-order valence-electron chi connectivity index (χ4n) is 2.83. The lowest BCUT2D eigenvalue weighted by Crippen LogP contribution is -2.36. The van der Waals surface area contributed by atoms with Gasteiger partial charge in [-0.1, -0.05) is 0 Å². The van der Waals surface area contributed by atoms with E-state index in [1.165, 1.54) is 0 Å². The molecule has 7 heteroatoms. The molecule has 0 bridgehead atoms. The molecule has 0 saturated carbocycles. The minimum Gasteiger partial charge on any atom is -0.492 e. The van der Waals surface area contributed by atoms with Gasteiger partial charge >= 0.3 is 0 Å². The van der Waals surface area contributed by atoms with Crippen molar-refractivity contribution in [3.63, 3.8) is 0 Å². The molecule has 1 N–H and O–H groups in total. The first-order valence-corrected chi connectivity index (χ1v) is 9.24. The molecule has 26 heavy (non-hydrogen) atoms. The van der Waals surface area contributed by atoms with Gasteiger partial charge in [-0.25, -0.2) is 0 Å². The minimum absolute atomic E-state index is 0.0652. The highest BCUT2D eigenvalue weighted by atomic mass is 16.5. The topological polar surface area (TPSA) is 69.3 Å². The van der Waals surface area contributed by atoms with Gasteiger partial charge in [-0.15, -0.1) is 0 Å². The summed E-state index contributed by atoms with van der Waals surface area (Å²) in [5.74, 6) is 1.33. The van der Waals surface area contributed by atoms with E-state index in [1.807, 2.05) is 26.0 Å². The Bertz CT molecular complexity index is 573. The number of benzene rings is 1. The molecule has 1 aliphatic rings. The zero-order chi connectivity index (χ0) is 18.8. The van der Waals surface area contributed by atoms with E-state index in [0.29, 0.717) is 57.3 Å². The first-order valence-electron chi connectivity index (χ1n) is 9.24. The number of nitrogens with zero attached hydrogens (tertiary/aromatic N) is 1. The number of anilines is 2. The Kier molecular flexibility index (Phi) is 8.50. The molecule has 0 spiro atoms. The molecule has 7 nitrogen and oxygen atoms in total. The summed E-state index contributed by atoms with van der Waals surface area (Å²) in [5.41, 5.74) is 1.60. The standard InChI is InChI=1S/C19H30N2O5/c1-4-25-17-14-16(21-8-11-24-12-9-21)18(26-5-2)13-15(17)20-19(22)7-6-10-23-3/h13-14H,4-12H2,1-3H3,(H,20,22). The molecule has 1 heterocycles. The van der Waals surface area contributed by atoms with Crippen molar-refractivity contribution in [2.45, 2.75) is 26.7 Å². The van der Waals surface area contributed by atoms with E-state index in [2.05, 4.69) is 10.2 Å². The lowest BCUT2D eigenvalue weighted by molar-refractivity contribution is -0.116. The maximum absolute atomic E-state index is 12.2. The van der Waals surface area contributed by atoms with E-state index in [0.717, 1.165) is 24.5 Å². The summed E-state index contributed by atoms with van der Waals surface area (Å²) < 4.78 is 22.0. The summed E-state index contributed by atoms with van der Waals surface area (Å²) >= 11 is 0. The van der Waals surface area contributed by atoms with Gasteiger partial charge in [0.1, 0.15) is 11.5 Å². The van der Waals surface area contributed by atoms with Gasteiger partial charge in [0.2, 0.25) is 5.91 Å². The summed E-state index contributed by atoms with van der Waals surface area (Å²) in [7, 11) is 1.63. The lowest BCUT2D eigenvalue weighted by atomic mass is 10.2. The van der Waals surface area contributed by atoms with Gasteiger partial charge in [0.05, 0.1) is 37.8 Å². The van der Waals surface area contributed by atoms with Crippen LogP contribution in [0.1, 0.15) is 26.7 Å². The number of nitrogens with one attached hydrogen (secondary N) is 1. The van der Waals surface area contributed by atoms with Crippen molar-refractivity contribution in [2.75, 3.05) is 63.5 Å². The molecule has 1 aromatic rings. The predicted octanol–water partition coefficient (Wildman–Crippen LogP) is 2.69. The highest BCUT2D eigenvalue weighted by Gasteiger charge is 2.20. The van der Waals surface area contributed by atoms with Crippen molar-refractivity contribution in [1.29, 1.82) is 0 Å². The average Bonchev–Trinajstić information content (AvgIpc) is 2.65. The summed E-state index contributed by atoms with van der Waals surface area (Å²) in [6.45, 7) is 8.48. The van der Waals surface area contributed by atoms with E-state index in [-0.39, 0.29) is 5.91 Å². The van der Waals surface area contributed by atoms with Crippen molar-refractivity contribution in [1.82, 2.24) is 0 Å². The van der Waals surface area contributed by atoms with Crippen molar-refractivity contribution in [3.05, 3.63) is 12.1 Å². The Morgan fingerprint density at radius 2 is 1.85 bits per heavy atom. The van der Waals surface area contributed by atoms with Gasteiger partial charge in [0.25, 0.3) is 0 Å². The molecule has 1 aliphatic heterocycles. The van der Waals surface area contributed by atoms with Crippen LogP contribution in [-0.2, 0) is 14.3 Å². The van der Waals surface area contributed by atoms with Crippen LogP contribution in [0.15, 0.2) is 12.1 Å². The third-order valence-electron chi connectivity index (χ3n) is 4.04. The normalized spacial score (nSPS) is 14.2. The monoisotopic (exact) mass is 366 g/mol. The molecule has 2 rings (SSSR count). The molecule has 0 unspecified atom stereocenters. The largest absolute Gasteiger partial charge is 0.492 e. The zero-order valence-corrected chi connectivity index (χ0v) is 16.0. The fourth-order valence-corrected chi connectivity index (χ4v) is 2.83. The first kappa shape index (κ1) is 20.3. The number of amides is 1. The van der Waals surface area contributed by atoms with E-state index in [1.54, 1.807) is 7.11 Å². The Balaban J connectivity index is 2.24. The first-order chi connectivity index (χ1) is 12.7. The Hall–Kier alpha value is -1.99. The van der Waals surface area contributed by atoms with Crippen LogP contribution in [0, 0.1) is 0 Å². The second-order valence-corrected chi connectivity index (χ2v) is 5.93. The molecular weight excluding hydrogens is 336 g/mol. The number of carbonyl (C=O) groups is 1. The average molecular weight is 366 g/mol. The highest BCUT2D eigenvalue weighted by molar-refractivity contribution is 5.93. The molecule has 1 aromatic carbocycles. The van der Waals surface area contributed by atoms with Crippen LogP contribution in [0.3, 0.4) is 0 Å². The Morgan fingerprint density at radius 1 is 1.15 bits per heavy atom. The molecule has 1 amide bonds. The van der Waals surface area contributed by atoms with Crippen LogP contribution in [0.2, 0.25) is 0 Å². The SMILES string of the molecule is CCOc1cc(N2CCOCC2)c(OCC)cc1NC(=O)CCCOC. The minimum atomic E-state index is -0.0652. The van der Waals surface area contributed by atoms with Crippen molar-refractivity contribution in [3.8, 4) is 11.5 Å². The number of hydrogen-bond donors (Lipinski definition) is 1. The van der Waals surface area contributed by atoms with Crippen LogP contribution < -0.4 is 19.7 Å². The Morgan fingerprint density at radius 3 is 2.50 bits per heavy atom. The van der Waals surface area contributed by atoms with Gasteiger partial charge in [-0.3, -0.25) is 4.79 Å². The number of ether oxygens (including phenoxy) is 4. The second-order valence-electron chi connectivity index (χ2n) is 5.93. The van der Waals surface area contributed by atoms with Crippen LogP contribution in [0.25, 0.3) is 0 Å². The summed E-state index contributed by atoms with van der Waals surface area (Å²) in [6.07, 6.45) is 1.07. The molecule has 0 aliphatic carbocycles. The second kappa shape index (κ2) is 10.9. The van der Waals surface area contributed by atoms with Crippen molar-refractivity contribution < 1.29 is 23.7 Å². The lowest BCUT2D eigenvalue weighted by Gasteiger charge is -2.31. The zero-order valence-electron chi connectivity index (χ0n) is 16.0. The van der Waals surface area contributed by atoms with Gasteiger partial charge in [-0.2, -0.15) is 0 Å². The third kappa shape index (κ3) is 5.78. The smallest absolute Gasteiger partial charge is 0.224 e. The summed E-state index contributed by atoms with van der Waals surface area (Å²) in [6, 6.07) is 3.80. The van der Waals surface area contributed by atoms with Crippen LogP contribution in [0.4, 0.5) is 11.4 Å². The predicted molar refractivity (Wildman–Crippen MR) is 102 cm³/mol. The van der Waals surface area contributed by atoms with Gasteiger partial charge < -0.3 is 29.2 Å². The highest BCUT2D eigenvalue weighted by Crippen LogP contribution is 2.39. The van der Waals surface area contributed by atoms with E-state index >= 15 is 0 Å². The number of rotatable bonds is 10. The van der Waals surface area contributed by atoms with E-state index in [4.69, 9.17) is 18.9 Å². The maximum atomic E-state index is 12.2. The number of hydrogen-bond acceptors (Lipinski definition) is 6. The van der Waals surface area contributed by atoms with Gasteiger partial charge in [0.15, 0.2) is 0 Å². The van der Waals surface area contributed by atoms with Crippen LogP contribution in [-0.4, -0.2) is 59.1 Å². The molecule has 146 valence electrons. The fraction of sp³-hybridized carbons (Fsp3) is 0.632. The van der Waals surface area contributed by atoms with Crippen LogP contribution in [0.5, 0.6) is 11.5 Å². The van der Waals surface area contributed by atoms with Gasteiger partial charge in [-0.05, 0) is 20.3 Å². The van der Waals surface area contributed by atoms with Crippen molar-refractivity contribution in [2.24, 2.45) is 0 Å². The molecule has 1 fully saturated rings. The third-order valence-corrected chi connectivity index (χ3v) is 4.04. The maximum Gasteiger partial charge on any atom is 0.224 e. The summed E-state index contributed by atoms with van der Waals surface area (Å²) in [5, 5.41) is 2.94. The van der Waals surface area contributed by atoms with Crippen molar-refractivity contribution >= 4 is 17.3 Å². The Labute approximate surface area is 155 Å². The molecule has 0 aromatic heterocycles. The molecule has 0 radical (unpaired) electrons. The molecule has 0 atom stereocenters. The summed E-state index contributed by atoms with van der Waals surface area (Å²) in [4.78, 5) is 14.4. The number of carbonyl (C=O) groups excluding carboxylic acids is 1. The molecule has 1 saturated heterocycles. The molecular formula is C19H30N2O5. The van der Waals surface area contributed by atoms with Crippen LogP contribution >= 0.6 is 0 Å². The number of methoxy groups -OCH3 is 1. The van der Waals surface area contributed by atoms with E-state index in [9.17, 15) is 4.79 Å². The number of morpholine rings is 1. The quantitative estimate of drug-likeness (QED) is 0.642. The van der Waals surface area contributed by atoms with E-state index < -0.39 is 0 Å². The van der Waals surface area contributed by atoms with Gasteiger partial charge in [0, 0.05) is 45.4 Å².